The normalized spacial score (nSPS) is 11.6. The largest absolute Gasteiger partial charge is 0.256 e. The van der Waals surface area contributed by atoms with Gasteiger partial charge in [0, 0.05) is 23.2 Å². The number of aromatic nitrogens is 2. The molecule has 2 aromatic heterocycles. The molecule has 0 aliphatic rings. The van der Waals surface area contributed by atoms with Crippen LogP contribution < -0.4 is 0 Å². The van der Waals surface area contributed by atoms with Gasteiger partial charge in [-0.05, 0) is 70.1 Å². The lowest BCUT2D eigenvalue weighted by molar-refractivity contribution is 1.42. The molecular formula is C20H12N2. The molecular weight excluding hydrogens is 268 g/mol. The molecule has 0 amide bonds. The molecule has 5 rings (SSSR count). The molecule has 2 heterocycles. The number of pyridine rings is 2. The van der Waals surface area contributed by atoms with E-state index in [0.717, 1.165) is 11.0 Å². The number of hydrogen-bond acceptors (Lipinski definition) is 2. The summed E-state index contributed by atoms with van der Waals surface area (Å²) >= 11 is 0. The van der Waals surface area contributed by atoms with Gasteiger partial charge in [-0.25, -0.2) is 0 Å². The fraction of sp³-hybridized carbons (Fsp3) is 0. The number of benzene rings is 3. The van der Waals surface area contributed by atoms with Crippen molar-refractivity contribution >= 4 is 43.4 Å². The Morgan fingerprint density at radius 3 is 1.36 bits per heavy atom. The first-order chi connectivity index (χ1) is 10.9. The van der Waals surface area contributed by atoms with E-state index >= 15 is 0 Å². The second-order valence-electron chi connectivity index (χ2n) is 5.64. The van der Waals surface area contributed by atoms with Crippen molar-refractivity contribution in [3.05, 3.63) is 73.1 Å². The summed E-state index contributed by atoms with van der Waals surface area (Å²) in [6, 6.07) is 21.4. The minimum absolute atomic E-state index is 1.04. The number of hydrogen-bond donors (Lipinski definition) is 0. The zero-order valence-corrected chi connectivity index (χ0v) is 11.8. The van der Waals surface area contributed by atoms with Crippen LogP contribution in [0.15, 0.2) is 73.1 Å². The maximum atomic E-state index is 4.45. The van der Waals surface area contributed by atoms with Crippen LogP contribution in [0.4, 0.5) is 0 Å². The predicted molar refractivity (Wildman–Crippen MR) is 92.1 cm³/mol. The van der Waals surface area contributed by atoms with Crippen molar-refractivity contribution in [3.63, 3.8) is 0 Å². The van der Waals surface area contributed by atoms with Crippen molar-refractivity contribution in [2.24, 2.45) is 0 Å². The third kappa shape index (κ3) is 1.67. The summed E-state index contributed by atoms with van der Waals surface area (Å²) in [5.41, 5.74) is 2.07. The molecule has 0 N–H and O–H groups in total. The minimum Gasteiger partial charge on any atom is -0.256 e. The highest BCUT2D eigenvalue weighted by Gasteiger charge is 2.03. The monoisotopic (exact) mass is 280 g/mol. The SMILES string of the molecule is c1cnc2cc3cc4cc5ncccc5cc4cc3cc2c1. The van der Waals surface area contributed by atoms with Crippen molar-refractivity contribution in [2.75, 3.05) is 0 Å². The Kier molecular flexibility index (Phi) is 2.25. The van der Waals surface area contributed by atoms with Crippen molar-refractivity contribution in [3.8, 4) is 0 Å². The van der Waals surface area contributed by atoms with Crippen molar-refractivity contribution < 1.29 is 0 Å². The third-order valence-electron chi connectivity index (χ3n) is 4.24. The van der Waals surface area contributed by atoms with Crippen LogP contribution in [0.3, 0.4) is 0 Å². The first-order valence-electron chi connectivity index (χ1n) is 7.34. The summed E-state index contributed by atoms with van der Waals surface area (Å²) in [7, 11) is 0. The van der Waals surface area contributed by atoms with Gasteiger partial charge in [0.15, 0.2) is 0 Å². The summed E-state index contributed by atoms with van der Waals surface area (Å²) in [6.07, 6.45) is 3.68. The van der Waals surface area contributed by atoms with Gasteiger partial charge in [-0.3, -0.25) is 9.97 Å². The first kappa shape index (κ1) is 11.6. The molecule has 2 heteroatoms. The summed E-state index contributed by atoms with van der Waals surface area (Å²) in [6.45, 7) is 0. The highest BCUT2D eigenvalue weighted by molar-refractivity contribution is 6.06. The van der Waals surface area contributed by atoms with Gasteiger partial charge in [-0.2, -0.15) is 0 Å². The average molecular weight is 280 g/mol. The summed E-state index contributed by atoms with van der Waals surface area (Å²) < 4.78 is 0. The minimum atomic E-state index is 1.04. The number of nitrogens with zero attached hydrogens (tertiary/aromatic N) is 2. The number of rotatable bonds is 0. The average Bonchev–Trinajstić information content (AvgIpc) is 2.56. The van der Waals surface area contributed by atoms with E-state index in [9.17, 15) is 0 Å². The van der Waals surface area contributed by atoms with E-state index in [2.05, 4.69) is 58.5 Å². The van der Waals surface area contributed by atoms with Crippen LogP contribution in [0, 0.1) is 0 Å². The Balaban J connectivity index is 1.93. The Hall–Kier alpha value is -3.00. The predicted octanol–water partition coefficient (Wildman–Crippen LogP) is 5.09. The zero-order valence-electron chi connectivity index (χ0n) is 11.8. The van der Waals surface area contributed by atoms with Gasteiger partial charge in [-0.15, -0.1) is 0 Å². The molecule has 0 spiro atoms. The quantitative estimate of drug-likeness (QED) is 0.369. The van der Waals surface area contributed by atoms with Crippen LogP contribution in [0.5, 0.6) is 0 Å². The molecule has 0 bridgehead atoms. The van der Waals surface area contributed by atoms with Crippen LogP contribution >= 0.6 is 0 Å². The summed E-state index contributed by atoms with van der Waals surface area (Å²) in [4.78, 5) is 8.90. The van der Waals surface area contributed by atoms with Gasteiger partial charge >= 0.3 is 0 Å². The molecule has 0 saturated carbocycles. The van der Waals surface area contributed by atoms with E-state index in [-0.39, 0.29) is 0 Å². The van der Waals surface area contributed by atoms with E-state index in [0.29, 0.717) is 0 Å². The van der Waals surface area contributed by atoms with Crippen molar-refractivity contribution in [2.45, 2.75) is 0 Å². The highest BCUT2D eigenvalue weighted by Crippen LogP contribution is 2.28. The van der Waals surface area contributed by atoms with E-state index in [1.54, 1.807) is 0 Å². The Morgan fingerprint density at radius 1 is 0.455 bits per heavy atom. The van der Waals surface area contributed by atoms with Crippen molar-refractivity contribution in [1.82, 2.24) is 9.97 Å². The standard InChI is InChI=1S/C20H12N2/c1-3-13-7-15-9-16-8-14-4-2-6-22-20(14)12-18(16)10-17(15)11-19(13)21-5-1/h1-12H. The molecule has 0 fully saturated rings. The molecule has 0 aliphatic carbocycles. The van der Waals surface area contributed by atoms with Gasteiger partial charge in [0.1, 0.15) is 0 Å². The van der Waals surface area contributed by atoms with Gasteiger partial charge < -0.3 is 0 Å². The molecule has 3 aromatic carbocycles. The van der Waals surface area contributed by atoms with Crippen LogP contribution in [-0.2, 0) is 0 Å². The Morgan fingerprint density at radius 2 is 0.864 bits per heavy atom. The van der Waals surface area contributed by atoms with Crippen LogP contribution in [0.2, 0.25) is 0 Å². The molecule has 0 saturated heterocycles. The molecule has 0 radical (unpaired) electrons. The van der Waals surface area contributed by atoms with Gasteiger partial charge in [-0.1, -0.05) is 12.1 Å². The maximum Gasteiger partial charge on any atom is 0.0708 e. The topological polar surface area (TPSA) is 25.8 Å². The van der Waals surface area contributed by atoms with Crippen LogP contribution in [0.1, 0.15) is 0 Å². The second kappa shape index (κ2) is 4.25. The van der Waals surface area contributed by atoms with Crippen LogP contribution in [-0.4, -0.2) is 9.97 Å². The first-order valence-corrected chi connectivity index (χ1v) is 7.34. The van der Waals surface area contributed by atoms with E-state index in [4.69, 9.17) is 0 Å². The van der Waals surface area contributed by atoms with E-state index < -0.39 is 0 Å². The van der Waals surface area contributed by atoms with Crippen LogP contribution in [0.25, 0.3) is 43.4 Å². The molecule has 0 aliphatic heterocycles. The number of fused-ring (bicyclic) bond motifs is 4. The lowest BCUT2D eigenvalue weighted by atomic mass is 10.00. The molecule has 0 atom stereocenters. The second-order valence-corrected chi connectivity index (χ2v) is 5.64. The molecule has 102 valence electrons. The molecule has 0 unspecified atom stereocenters. The fourth-order valence-corrected chi connectivity index (χ4v) is 3.14. The van der Waals surface area contributed by atoms with Crippen molar-refractivity contribution in [1.29, 1.82) is 0 Å². The van der Waals surface area contributed by atoms with E-state index in [1.165, 1.54) is 32.3 Å². The third-order valence-corrected chi connectivity index (χ3v) is 4.24. The molecule has 5 aromatic rings. The lowest BCUT2D eigenvalue weighted by Gasteiger charge is -2.06. The maximum absolute atomic E-state index is 4.45. The van der Waals surface area contributed by atoms with E-state index in [1.807, 2.05) is 24.5 Å². The Bertz CT molecular complexity index is 992. The lowest BCUT2D eigenvalue weighted by Crippen LogP contribution is -1.83. The smallest absolute Gasteiger partial charge is 0.0708 e. The van der Waals surface area contributed by atoms with Gasteiger partial charge in [0.05, 0.1) is 11.0 Å². The summed E-state index contributed by atoms with van der Waals surface area (Å²) in [5.74, 6) is 0. The van der Waals surface area contributed by atoms with Gasteiger partial charge in [0.2, 0.25) is 0 Å². The highest BCUT2D eigenvalue weighted by atomic mass is 14.6. The van der Waals surface area contributed by atoms with Gasteiger partial charge in [0.25, 0.3) is 0 Å². The molecule has 22 heavy (non-hydrogen) atoms. The molecule has 2 nitrogen and oxygen atoms in total. The zero-order chi connectivity index (χ0) is 14.5. The summed E-state index contributed by atoms with van der Waals surface area (Å²) in [5, 5.41) is 7.28. The fourth-order valence-electron chi connectivity index (χ4n) is 3.14. The Labute approximate surface area is 127 Å².